The quantitative estimate of drug-likeness (QED) is 0.361. The normalized spacial score (nSPS) is 13.3. The van der Waals surface area contributed by atoms with E-state index in [4.69, 9.17) is 4.43 Å². The molecular weight excluding hydrogens is 296 g/mol. The van der Waals surface area contributed by atoms with Crippen molar-refractivity contribution in [2.45, 2.75) is 97.4 Å². The Hall–Kier alpha value is -0.603. The summed E-state index contributed by atoms with van der Waals surface area (Å²) in [5.74, 6) is 0. The standard InChI is InChI=1S/C21H38OSi/c1-6-9-16-23(17-10-7-2,18-11-8-3)22-20(5)21-14-12-19(4)13-15-21/h12-15,20H,6-11,16-18H2,1-5H3/t20-/m0/s1. The molecular formula is C21H38OSi. The maximum absolute atomic E-state index is 6.91. The Morgan fingerprint density at radius 3 is 1.65 bits per heavy atom. The van der Waals surface area contributed by atoms with Crippen molar-refractivity contribution < 1.29 is 4.43 Å². The molecule has 2 heteroatoms. The highest BCUT2D eigenvalue weighted by atomic mass is 28.4. The van der Waals surface area contributed by atoms with Gasteiger partial charge in [-0.25, -0.2) is 0 Å². The van der Waals surface area contributed by atoms with Crippen LogP contribution in [0.5, 0.6) is 0 Å². The highest BCUT2D eigenvalue weighted by molar-refractivity contribution is 6.73. The van der Waals surface area contributed by atoms with Crippen molar-refractivity contribution >= 4 is 8.32 Å². The molecule has 0 aliphatic carbocycles. The lowest BCUT2D eigenvalue weighted by Gasteiger charge is -2.35. The van der Waals surface area contributed by atoms with Crippen molar-refractivity contribution in [1.82, 2.24) is 0 Å². The van der Waals surface area contributed by atoms with Crippen molar-refractivity contribution in [2.75, 3.05) is 0 Å². The van der Waals surface area contributed by atoms with Crippen LogP contribution in [0.3, 0.4) is 0 Å². The van der Waals surface area contributed by atoms with Crippen molar-refractivity contribution in [3.63, 3.8) is 0 Å². The zero-order chi connectivity index (χ0) is 17.1. The molecule has 0 bridgehead atoms. The van der Waals surface area contributed by atoms with E-state index in [2.05, 4.69) is 58.9 Å². The van der Waals surface area contributed by atoms with E-state index < -0.39 is 8.32 Å². The van der Waals surface area contributed by atoms with Crippen molar-refractivity contribution in [3.8, 4) is 0 Å². The van der Waals surface area contributed by atoms with Crippen LogP contribution >= 0.6 is 0 Å². The summed E-state index contributed by atoms with van der Waals surface area (Å²) in [6.45, 7) is 11.3. The maximum atomic E-state index is 6.91. The molecule has 23 heavy (non-hydrogen) atoms. The van der Waals surface area contributed by atoms with Crippen LogP contribution in [-0.4, -0.2) is 8.32 Å². The first kappa shape index (κ1) is 20.4. The molecule has 0 saturated heterocycles. The van der Waals surface area contributed by atoms with Gasteiger partial charge in [-0.15, -0.1) is 0 Å². The Morgan fingerprint density at radius 1 is 0.826 bits per heavy atom. The zero-order valence-electron chi connectivity index (χ0n) is 16.2. The third-order valence-electron chi connectivity index (χ3n) is 4.93. The highest BCUT2D eigenvalue weighted by Gasteiger charge is 2.35. The minimum absolute atomic E-state index is 0.243. The van der Waals surface area contributed by atoms with E-state index in [9.17, 15) is 0 Å². The molecule has 0 aromatic heterocycles. The van der Waals surface area contributed by atoms with E-state index in [1.54, 1.807) is 0 Å². The molecule has 0 N–H and O–H groups in total. The third-order valence-corrected chi connectivity index (χ3v) is 9.58. The van der Waals surface area contributed by atoms with Gasteiger partial charge in [0.15, 0.2) is 8.32 Å². The van der Waals surface area contributed by atoms with Gasteiger partial charge >= 0.3 is 0 Å². The zero-order valence-corrected chi connectivity index (χ0v) is 17.2. The van der Waals surface area contributed by atoms with Gasteiger partial charge in [0.05, 0.1) is 6.10 Å². The summed E-state index contributed by atoms with van der Waals surface area (Å²) < 4.78 is 6.91. The molecule has 132 valence electrons. The molecule has 0 saturated carbocycles. The Labute approximate surface area is 146 Å². The SMILES string of the molecule is CCCC[Si](CCCC)(CCCC)O[C@@H](C)c1ccc(C)cc1. The van der Waals surface area contributed by atoms with E-state index in [0.29, 0.717) is 0 Å². The molecule has 1 aromatic carbocycles. The Bertz CT molecular complexity index is 391. The summed E-state index contributed by atoms with van der Waals surface area (Å²) in [6.07, 6.45) is 8.11. The first-order valence-corrected chi connectivity index (χ1v) is 12.3. The van der Waals surface area contributed by atoms with Crippen LogP contribution < -0.4 is 0 Å². The molecule has 0 amide bonds. The minimum Gasteiger partial charge on any atom is -0.410 e. The van der Waals surface area contributed by atoms with Crippen LogP contribution in [0.15, 0.2) is 24.3 Å². The second-order valence-electron chi connectivity index (χ2n) is 7.16. The second-order valence-corrected chi connectivity index (χ2v) is 11.3. The Morgan fingerprint density at radius 2 is 1.26 bits per heavy atom. The van der Waals surface area contributed by atoms with Crippen LogP contribution in [-0.2, 0) is 4.43 Å². The second kappa shape index (κ2) is 11.0. The largest absolute Gasteiger partial charge is 0.410 e. The summed E-state index contributed by atoms with van der Waals surface area (Å²) in [5, 5.41) is 0. The van der Waals surface area contributed by atoms with E-state index in [1.165, 1.54) is 67.8 Å². The average molecular weight is 335 g/mol. The monoisotopic (exact) mass is 334 g/mol. The summed E-state index contributed by atoms with van der Waals surface area (Å²) in [5.41, 5.74) is 2.67. The molecule has 1 aromatic rings. The molecule has 1 rings (SSSR count). The first-order valence-electron chi connectivity index (χ1n) is 9.81. The van der Waals surface area contributed by atoms with Gasteiger partial charge in [0, 0.05) is 0 Å². The van der Waals surface area contributed by atoms with Gasteiger partial charge in [-0.2, -0.15) is 0 Å². The fourth-order valence-corrected chi connectivity index (χ4v) is 8.31. The van der Waals surface area contributed by atoms with Crippen molar-refractivity contribution in [3.05, 3.63) is 35.4 Å². The maximum Gasteiger partial charge on any atom is 0.193 e. The minimum atomic E-state index is -1.62. The average Bonchev–Trinajstić information content (AvgIpc) is 2.56. The topological polar surface area (TPSA) is 9.23 Å². The van der Waals surface area contributed by atoms with Gasteiger partial charge in [0.1, 0.15) is 0 Å². The van der Waals surface area contributed by atoms with E-state index >= 15 is 0 Å². The molecule has 0 radical (unpaired) electrons. The molecule has 1 atom stereocenters. The molecule has 0 aliphatic heterocycles. The third kappa shape index (κ3) is 7.22. The fraction of sp³-hybridized carbons (Fsp3) is 0.714. The predicted octanol–water partition coefficient (Wildman–Crippen LogP) is 7.42. The summed E-state index contributed by atoms with van der Waals surface area (Å²) in [4.78, 5) is 0. The molecule has 1 nitrogen and oxygen atoms in total. The molecule has 0 aliphatic rings. The van der Waals surface area contributed by atoms with Crippen LogP contribution in [0.4, 0.5) is 0 Å². The fourth-order valence-electron chi connectivity index (χ4n) is 3.33. The van der Waals surface area contributed by atoms with Gasteiger partial charge in [0.25, 0.3) is 0 Å². The van der Waals surface area contributed by atoms with Crippen LogP contribution in [0, 0.1) is 6.92 Å². The lowest BCUT2D eigenvalue weighted by atomic mass is 10.1. The smallest absolute Gasteiger partial charge is 0.193 e. The van der Waals surface area contributed by atoms with Crippen molar-refractivity contribution in [1.29, 1.82) is 0 Å². The van der Waals surface area contributed by atoms with Crippen LogP contribution in [0.25, 0.3) is 0 Å². The molecule has 0 spiro atoms. The molecule has 0 heterocycles. The Balaban J connectivity index is 2.87. The summed E-state index contributed by atoms with van der Waals surface area (Å²) in [7, 11) is -1.62. The summed E-state index contributed by atoms with van der Waals surface area (Å²) in [6, 6.07) is 13.0. The highest BCUT2D eigenvalue weighted by Crippen LogP contribution is 2.34. The van der Waals surface area contributed by atoms with Crippen molar-refractivity contribution in [2.24, 2.45) is 0 Å². The number of hydrogen-bond donors (Lipinski definition) is 0. The lowest BCUT2D eigenvalue weighted by Crippen LogP contribution is -2.39. The van der Waals surface area contributed by atoms with Gasteiger partial charge in [-0.3, -0.25) is 0 Å². The molecule has 0 unspecified atom stereocenters. The number of hydrogen-bond acceptors (Lipinski definition) is 1. The summed E-state index contributed by atoms with van der Waals surface area (Å²) >= 11 is 0. The van der Waals surface area contributed by atoms with Gasteiger partial charge in [-0.1, -0.05) is 89.1 Å². The van der Waals surface area contributed by atoms with Gasteiger partial charge < -0.3 is 4.43 Å². The lowest BCUT2D eigenvalue weighted by molar-refractivity contribution is 0.206. The number of benzene rings is 1. The Kier molecular flexibility index (Phi) is 9.81. The van der Waals surface area contributed by atoms with E-state index in [-0.39, 0.29) is 6.10 Å². The van der Waals surface area contributed by atoms with Gasteiger partial charge in [0.2, 0.25) is 0 Å². The van der Waals surface area contributed by atoms with Crippen LogP contribution in [0.2, 0.25) is 18.1 Å². The van der Waals surface area contributed by atoms with E-state index in [0.717, 1.165) is 0 Å². The number of unbranched alkanes of at least 4 members (excludes halogenated alkanes) is 3. The molecule has 0 fully saturated rings. The predicted molar refractivity (Wildman–Crippen MR) is 106 cm³/mol. The first-order chi connectivity index (χ1) is 11.1. The van der Waals surface area contributed by atoms with Gasteiger partial charge in [-0.05, 0) is 37.5 Å². The van der Waals surface area contributed by atoms with E-state index in [1.807, 2.05) is 0 Å². The number of rotatable bonds is 12. The van der Waals surface area contributed by atoms with Crippen LogP contribution in [0.1, 0.15) is 83.5 Å². The number of aryl methyl sites for hydroxylation is 1.